The fourth-order valence-electron chi connectivity index (χ4n) is 17.4. The van der Waals surface area contributed by atoms with Gasteiger partial charge < -0.3 is 118 Å². The topological polar surface area (TPSA) is 434 Å². The summed E-state index contributed by atoms with van der Waals surface area (Å²) in [5.41, 5.74) is -2.67. The summed E-state index contributed by atoms with van der Waals surface area (Å²) in [6.45, 7) is 13.0. The van der Waals surface area contributed by atoms with E-state index in [-0.39, 0.29) is 65.0 Å². The first kappa shape index (κ1) is 73.1. The molecular formula is C59H93NaO29S. The van der Waals surface area contributed by atoms with Crippen LogP contribution in [0.3, 0.4) is 0 Å². The van der Waals surface area contributed by atoms with E-state index in [1.54, 1.807) is 0 Å². The summed E-state index contributed by atoms with van der Waals surface area (Å²) in [6.07, 6.45) is -34.3. The van der Waals surface area contributed by atoms with Gasteiger partial charge in [-0.15, -0.1) is 0 Å². The molecule has 90 heavy (non-hydrogen) atoms. The molecular weight excluding hydrogens is 1230 g/mol. The van der Waals surface area contributed by atoms with Crippen LogP contribution in [0, 0.1) is 45.3 Å². The molecule has 0 aromatic carbocycles. The van der Waals surface area contributed by atoms with E-state index in [1.165, 1.54) is 6.92 Å². The Bertz CT molecular complexity index is 2660. The zero-order valence-electron chi connectivity index (χ0n) is 52.6. The summed E-state index contributed by atoms with van der Waals surface area (Å²) in [5, 5.41) is 122. The molecule has 0 aromatic rings. The Hall–Kier alpha value is -1.13. The van der Waals surface area contributed by atoms with E-state index in [4.69, 9.17) is 61.0 Å². The average Bonchev–Trinajstić information content (AvgIpc) is 1.46. The summed E-state index contributed by atoms with van der Waals surface area (Å²) in [6, 6.07) is 0. The number of aliphatic hydroxyl groups is 11. The maximum atomic E-state index is 14.5. The Morgan fingerprint density at radius 3 is 1.89 bits per heavy atom. The molecule has 4 aliphatic carbocycles. The molecule has 3 saturated carbocycles. The van der Waals surface area contributed by atoms with Gasteiger partial charge in [0, 0.05) is 18.9 Å². The van der Waals surface area contributed by atoms with Gasteiger partial charge in [0.15, 0.2) is 31.5 Å². The molecule has 6 heterocycles. The Morgan fingerprint density at radius 2 is 1.27 bits per heavy atom. The van der Waals surface area contributed by atoms with Crippen molar-refractivity contribution in [3.05, 3.63) is 11.6 Å². The maximum absolute atomic E-state index is 14.5. The molecule has 6 aliphatic heterocycles. The fraction of sp³-hybridized carbons (Fsp3) is 0.932. The van der Waals surface area contributed by atoms with Gasteiger partial charge >= 0.3 is 35.5 Å². The number of allylic oxidation sites excluding steroid dienone is 2. The Kier molecular flexibility index (Phi) is 22.5. The van der Waals surface area contributed by atoms with Crippen molar-refractivity contribution < 1.29 is 169 Å². The molecule has 1 spiro atoms. The summed E-state index contributed by atoms with van der Waals surface area (Å²) in [7, 11) is -4.36. The van der Waals surface area contributed by atoms with E-state index in [0.29, 0.717) is 44.4 Å². The number of hydrogen-bond acceptors (Lipinski definition) is 29. The second kappa shape index (κ2) is 27.6. The molecule has 10 aliphatic rings. The minimum absolute atomic E-state index is 0. The Morgan fingerprint density at radius 1 is 0.678 bits per heavy atom. The van der Waals surface area contributed by atoms with Crippen LogP contribution in [0.4, 0.5) is 0 Å². The maximum Gasteiger partial charge on any atom is 1.00 e. The van der Waals surface area contributed by atoms with Gasteiger partial charge in [-0.1, -0.05) is 59.6 Å². The molecule has 510 valence electrons. The van der Waals surface area contributed by atoms with Crippen molar-refractivity contribution in [2.45, 2.75) is 266 Å². The molecule has 6 saturated heterocycles. The van der Waals surface area contributed by atoms with Crippen LogP contribution in [0.5, 0.6) is 0 Å². The number of rotatable bonds is 19. The van der Waals surface area contributed by atoms with Gasteiger partial charge in [0.2, 0.25) is 10.4 Å². The summed E-state index contributed by atoms with van der Waals surface area (Å²) in [4.78, 5) is 28.9. The van der Waals surface area contributed by atoms with Crippen LogP contribution in [0.15, 0.2) is 11.6 Å². The number of aliphatic hydroxyl groups excluding tert-OH is 11. The van der Waals surface area contributed by atoms with Crippen molar-refractivity contribution in [2.75, 3.05) is 33.5 Å². The van der Waals surface area contributed by atoms with Crippen molar-refractivity contribution in [2.24, 2.45) is 45.3 Å². The van der Waals surface area contributed by atoms with Crippen molar-refractivity contribution in [1.82, 2.24) is 0 Å². The second-order valence-corrected chi connectivity index (χ2v) is 29.1. The molecule has 0 amide bonds. The van der Waals surface area contributed by atoms with Gasteiger partial charge in [0.25, 0.3) is 0 Å². The third-order valence-corrected chi connectivity index (χ3v) is 22.5. The van der Waals surface area contributed by atoms with Gasteiger partial charge in [-0.05, 0) is 87.4 Å². The molecule has 0 bridgehead atoms. The summed E-state index contributed by atoms with van der Waals surface area (Å²) < 4.78 is 114. The number of esters is 1. The molecule has 9 fully saturated rings. The van der Waals surface area contributed by atoms with E-state index < -0.39 is 212 Å². The zero-order valence-corrected chi connectivity index (χ0v) is 55.4. The first-order valence-corrected chi connectivity index (χ1v) is 32.5. The standard InChI is InChI=1S/C59H94O29S.Na/c1-24(2)11-10-16-58(8)48-28(62)19-57(7)27-12-13-33-55(4,5)34(15-17-56(33,6)26(27)14-18-59(48,57)54(72)87-58)82-52-46(38(67)32(23-78-52)88-89(73,74)75)86-53-47(85-49-39(68)35(64)29(63)22-77-49)40(69)43(25(3)79-53)83-51-42(71)45(37(66)31(21-61)81-51)84-50-41(70)44(76-9)36(65)30(20-60)80-50;/h12,24-26,29-53,60-61,63-71H,10-11,13-23H2,1-9H3,(H,73,74,75);/q;+1/p-1/t25-,26+,29-,30-,31-,32-,33+,34+,35+,36-,37-,38+,39-,40+,41-,42-,43-,44+,45+,46-,47-,48-,49+,50+,51+,52+,53+,56-,57+,58+,59-;/m1./s1. The van der Waals surface area contributed by atoms with Gasteiger partial charge in [-0.2, -0.15) is 0 Å². The van der Waals surface area contributed by atoms with E-state index in [2.05, 4.69) is 33.8 Å². The van der Waals surface area contributed by atoms with Gasteiger partial charge in [-0.3, -0.25) is 13.8 Å². The van der Waals surface area contributed by atoms with Crippen LogP contribution >= 0.6 is 0 Å². The molecule has 10 rings (SSSR count). The minimum atomic E-state index is -5.52. The molecule has 0 unspecified atom stereocenters. The third-order valence-electron chi connectivity index (χ3n) is 22.0. The molecule has 0 aromatic heterocycles. The number of carbonyl (C=O) groups excluding carboxylic acids is 2. The molecule has 11 N–H and O–H groups in total. The number of cyclic esters (lactones) is 1. The van der Waals surface area contributed by atoms with Crippen molar-refractivity contribution in [3.63, 3.8) is 0 Å². The number of ether oxygens (including phenoxy) is 12. The number of fused-ring (bicyclic) bond motifs is 4. The van der Waals surface area contributed by atoms with Gasteiger partial charge in [-0.25, -0.2) is 8.42 Å². The minimum Gasteiger partial charge on any atom is -0.726 e. The van der Waals surface area contributed by atoms with E-state index >= 15 is 0 Å². The predicted octanol–water partition coefficient (Wildman–Crippen LogP) is -5.18. The molecule has 0 radical (unpaired) electrons. The number of methoxy groups -OCH3 is 1. The second-order valence-electron chi connectivity index (χ2n) is 28.1. The van der Waals surface area contributed by atoms with Crippen molar-refractivity contribution in [1.29, 1.82) is 0 Å². The number of hydrogen-bond donors (Lipinski definition) is 11. The van der Waals surface area contributed by atoms with Crippen LogP contribution in [-0.2, 0) is 81.0 Å². The van der Waals surface area contributed by atoms with Crippen LogP contribution in [0.25, 0.3) is 0 Å². The predicted molar refractivity (Wildman–Crippen MR) is 296 cm³/mol. The van der Waals surface area contributed by atoms with E-state index in [9.17, 15) is 78.7 Å². The monoisotopic (exact) mass is 1320 g/mol. The van der Waals surface area contributed by atoms with Gasteiger partial charge in [0.1, 0.15) is 115 Å². The largest absolute Gasteiger partial charge is 1.00 e. The first-order chi connectivity index (χ1) is 41.7. The van der Waals surface area contributed by atoms with Crippen LogP contribution in [0.1, 0.15) is 113 Å². The van der Waals surface area contributed by atoms with Crippen molar-refractivity contribution >= 4 is 22.2 Å². The summed E-state index contributed by atoms with van der Waals surface area (Å²) in [5.74, 6) is -0.460. The summed E-state index contributed by atoms with van der Waals surface area (Å²) >= 11 is 0. The van der Waals surface area contributed by atoms with Crippen LogP contribution in [0.2, 0.25) is 0 Å². The smallest absolute Gasteiger partial charge is 0.726 e. The zero-order chi connectivity index (χ0) is 65.0. The normalized spacial score (nSPS) is 50.2. The quantitative estimate of drug-likeness (QED) is 0.0189. The number of carbonyl (C=O) groups is 2. The average molecular weight is 1320 g/mol. The van der Waals surface area contributed by atoms with E-state index in [1.807, 2.05) is 20.8 Å². The van der Waals surface area contributed by atoms with Crippen LogP contribution in [-0.4, -0.2) is 267 Å². The van der Waals surface area contributed by atoms with Gasteiger partial charge in [0.05, 0.1) is 50.0 Å². The van der Waals surface area contributed by atoms with E-state index in [0.717, 1.165) is 25.5 Å². The third kappa shape index (κ3) is 12.9. The molecule has 31 atom stereocenters. The van der Waals surface area contributed by atoms with Crippen LogP contribution < -0.4 is 29.6 Å². The van der Waals surface area contributed by atoms with Crippen molar-refractivity contribution in [3.8, 4) is 0 Å². The number of Topliss-reactive ketones (excluding diaryl/α,β-unsaturated/α-hetero) is 1. The number of ketones is 1. The fourth-order valence-corrected chi connectivity index (χ4v) is 17.8. The molecule has 31 heteroatoms. The molecule has 29 nitrogen and oxygen atoms in total. The SMILES string of the molecule is CO[C@@H]1[C@@H](O)[C@H](O[C@@H]2[C@@H](O)[C@H](O[C@H]3[C@H](O)[C@@H](O[C@@H]4OC[C@@H](O)[C@H](O)[C@H]4O)[C@H](O[C@H]4[C@H](O[C@H]5CC[C@]6(C)[C@H]7CC[C@]89C(=O)O[C@@](C)(CCCC(C)C)[C@H]8C(=O)C[C@@]9(C)C7=CC[C@H]6C5(C)C)OC[C@@H](OS(=O)(=O)[O-])[C@@H]4O)O[C@@H]3C)O[C@H](CO)[C@H]2O)O[C@H](CO)[C@H]1O.[Na+]. The Balaban J connectivity index is 0.00000960. The Labute approximate surface area is 545 Å². The first-order valence-electron chi connectivity index (χ1n) is 31.2.